The van der Waals surface area contributed by atoms with Crippen molar-refractivity contribution < 1.29 is 14.4 Å². The number of benzene rings is 2. The second kappa shape index (κ2) is 7.84. The highest BCUT2D eigenvalue weighted by Gasteiger charge is 2.24. The predicted octanol–water partition coefficient (Wildman–Crippen LogP) is 2.15. The minimum Gasteiger partial charge on any atom is -0.497 e. The first-order chi connectivity index (χ1) is 13.2. The molecule has 5 heteroatoms. The molecule has 0 radical (unpaired) electrons. The van der Waals surface area contributed by atoms with Crippen molar-refractivity contribution in [1.82, 2.24) is 10.3 Å². The second-order valence-corrected chi connectivity index (χ2v) is 7.30. The molecule has 5 nitrogen and oxygen atoms in total. The van der Waals surface area contributed by atoms with Gasteiger partial charge in [0.25, 0.3) is 5.91 Å². The number of carbonyl (C=O) groups is 1. The molecule has 0 aliphatic carbocycles. The van der Waals surface area contributed by atoms with Crippen LogP contribution in [0.4, 0.5) is 0 Å². The largest absolute Gasteiger partial charge is 0.497 e. The Kier molecular flexibility index (Phi) is 5.12. The van der Waals surface area contributed by atoms with Gasteiger partial charge in [-0.3, -0.25) is 4.79 Å². The number of aromatic nitrogens is 1. The van der Waals surface area contributed by atoms with Gasteiger partial charge in [0.2, 0.25) is 0 Å². The van der Waals surface area contributed by atoms with Crippen LogP contribution in [0, 0.1) is 0 Å². The lowest BCUT2D eigenvalue weighted by Gasteiger charge is -2.29. The van der Waals surface area contributed by atoms with Crippen LogP contribution in [0.5, 0.6) is 5.75 Å². The van der Waals surface area contributed by atoms with Crippen molar-refractivity contribution in [2.45, 2.75) is 25.4 Å². The molecule has 140 valence electrons. The number of rotatable bonds is 5. The topological polar surface area (TPSA) is 58.6 Å². The number of hydrogen-bond donors (Lipinski definition) is 3. The van der Waals surface area contributed by atoms with E-state index in [-0.39, 0.29) is 11.9 Å². The number of piperidine rings is 1. The highest BCUT2D eigenvalue weighted by atomic mass is 16.5. The zero-order valence-corrected chi connectivity index (χ0v) is 15.6. The van der Waals surface area contributed by atoms with Crippen LogP contribution in [0.1, 0.15) is 28.9 Å². The zero-order chi connectivity index (χ0) is 18.6. The van der Waals surface area contributed by atoms with Crippen LogP contribution in [0.25, 0.3) is 10.9 Å². The number of methoxy groups -OCH3 is 1. The summed E-state index contributed by atoms with van der Waals surface area (Å²) < 4.78 is 5.24. The first-order valence-electron chi connectivity index (χ1n) is 9.56. The summed E-state index contributed by atoms with van der Waals surface area (Å²) in [5.41, 5.74) is 2.91. The first kappa shape index (κ1) is 17.6. The Morgan fingerprint density at radius 3 is 2.67 bits per heavy atom. The molecular weight excluding hydrogens is 338 g/mol. The lowest BCUT2D eigenvalue weighted by Crippen LogP contribution is -3.12. The number of carbonyl (C=O) groups excluding carboxylic acids is 1. The van der Waals surface area contributed by atoms with Crippen LogP contribution in [-0.4, -0.2) is 37.1 Å². The summed E-state index contributed by atoms with van der Waals surface area (Å²) in [4.78, 5) is 17.4. The van der Waals surface area contributed by atoms with Crippen molar-refractivity contribution in [3.8, 4) is 5.75 Å². The third-order valence-corrected chi connectivity index (χ3v) is 5.40. The molecule has 1 aliphatic rings. The smallest absolute Gasteiger partial charge is 0.267 e. The highest BCUT2D eigenvalue weighted by Crippen LogP contribution is 2.21. The number of nitrogens with one attached hydrogen (secondary N) is 3. The Balaban J connectivity index is 1.33. The lowest BCUT2D eigenvalue weighted by atomic mass is 10.0. The Morgan fingerprint density at radius 1 is 1.15 bits per heavy atom. The van der Waals surface area contributed by atoms with Crippen molar-refractivity contribution in [2.75, 3.05) is 20.2 Å². The molecule has 0 unspecified atom stereocenters. The van der Waals surface area contributed by atoms with Gasteiger partial charge in [-0.25, -0.2) is 0 Å². The summed E-state index contributed by atoms with van der Waals surface area (Å²) in [5, 5.41) is 4.21. The molecule has 4 rings (SSSR count). The third-order valence-electron chi connectivity index (χ3n) is 5.40. The summed E-state index contributed by atoms with van der Waals surface area (Å²) in [7, 11) is 1.64. The number of hydrogen-bond acceptors (Lipinski definition) is 2. The van der Waals surface area contributed by atoms with Gasteiger partial charge in [0.15, 0.2) is 0 Å². The van der Waals surface area contributed by atoms with Gasteiger partial charge in [-0.1, -0.05) is 30.3 Å². The molecule has 1 saturated heterocycles. The van der Waals surface area contributed by atoms with Crippen molar-refractivity contribution in [1.29, 1.82) is 0 Å². The van der Waals surface area contributed by atoms with E-state index in [4.69, 9.17) is 4.74 Å². The molecule has 3 aromatic rings. The van der Waals surface area contributed by atoms with E-state index < -0.39 is 0 Å². The SMILES string of the molecule is COc1ccc2cc(C(=O)NC3CC[NH+](Cc4ccccc4)CC3)[nH]c2c1. The standard InChI is InChI=1S/C22H25N3O2/c1-27-19-8-7-17-13-21(24-20(17)14-19)22(26)23-18-9-11-25(12-10-18)15-16-5-3-2-4-6-16/h2-8,13-14,18,24H,9-12,15H2,1H3,(H,23,26)/p+1. The van der Waals surface area contributed by atoms with E-state index in [1.54, 1.807) is 12.0 Å². The van der Waals surface area contributed by atoms with Crippen LogP contribution in [-0.2, 0) is 6.54 Å². The fourth-order valence-corrected chi connectivity index (χ4v) is 3.85. The minimum atomic E-state index is -0.0262. The summed E-state index contributed by atoms with van der Waals surface area (Å²) in [5.74, 6) is 0.756. The normalized spacial score (nSPS) is 19.7. The molecule has 2 aromatic carbocycles. The fraction of sp³-hybridized carbons (Fsp3) is 0.318. The van der Waals surface area contributed by atoms with Gasteiger partial charge in [0, 0.05) is 41.4 Å². The van der Waals surface area contributed by atoms with Gasteiger partial charge in [-0.15, -0.1) is 0 Å². The summed E-state index contributed by atoms with van der Waals surface area (Å²) in [6.07, 6.45) is 2.03. The van der Waals surface area contributed by atoms with Gasteiger partial charge in [-0.2, -0.15) is 0 Å². The summed E-state index contributed by atoms with van der Waals surface area (Å²) in [6.45, 7) is 3.23. The predicted molar refractivity (Wildman–Crippen MR) is 106 cm³/mol. The van der Waals surface area contributed by atoms with E-state index in [1.807, 2.05) is 24.3 Å². The maximum atomic E-state index is 12.6. The highest BCUT2D eigenvalue weighted by molar-refractivity contribution is 5.98. The van der Waals surface area contributed by atoms with E-state index in [9.17, 15) is 4.79 Å². The Labute approximate surface area is 159 Å². The monoisotopic (exact) mass is 364 g/mol. The molecule has 0 spiro atoms. The molecule has 1 fully saturated rings. The van der Waals surface area contributed by atoms with Crippen LogP contribution in [0.15, 0.2) is 54.6 Å². The van der Waals surface area contributed by atoms with Crippen molar-refractivity contribution >= 4 is 16.8 Å². The number of fused-ring (bicyclic) bond motifs is 1. The molecule has 1 aliphatic heterocycles. The average Bonchev–Trinajstić information content (AvgIpc) is 3.13. The molecular formula is C22H26N3O2+. The molecule has 2 heterocycles. The van der Waals surface area contributed by atoms with Crippen LogP contribution >= 0.6 is 0 Å². The molecule has 0 saturated carbocycles. The maximum absolute atomic E-state index is 12.6. The van der Waals surface area contributed by atoms with Gasteiger partial charge in [0.1, 0.15) is 18.0 Å². The molecule has 0 atom stereocenters. The second-order valence-electron chi connectivity index (χ2n) is 7.30. The fourth-order valence-electron chi connectivity index (χ4n) is 3.85. The van der Waals surface area contributed by atoms with E-state index in [1.165, 1.54) is 5.56 Å². The summed E-state index contributed by atoms with van der Waals surface area (Å²) >= 11 is 0. The lowest BCUT2D eigenvalue weighted by molar-refractivity contribution is -0.918. The number of H-pyrrole nitrogens is 1. The van der Waals surface area contributed by atoms with Gasteiger partial charge in [-0.05, 0) is 18.2 Å². The third kappa shape index (κ3) is 4.14. The van der Waals surface area contributed by atoms with E-state index in [2.05, 4.69) is 40.6 Å². The molecule has 0 bridgehead atoms. The number of ether oxygens (including phenoxy) is 1. The minimum absolute atomic E-state index is 0.0262. The molecule has 27 heavy (non-hydrogen) atoms. The Bertz CT molecular complexity index is 912. The van der Waals surface area contributed by atoms with Gasteiger partial charge in [0.05, 0.1) is 20.2 Å². The first-order valence-corrected chi connectivity index (χ1v) is 9.56. The Morgan fingerprint density at radius 2 is 1.93 bits per heavy atom. The number of aromatic amines is 1. The van der Waals surface area contributed by atoms with Crippen molar-refractivity contribution in [2.24, 2.45) is 0 Å². The molecule has 1 amide bonds. The summed E-state index contributed by atoms with van der Waals surface area (Å²) in [6, 6.07) is 18.6. The van der Waals surface area contributed by atoms with Gasteiger partial charge >= 0.3 is 0 Å². The average molecular weight is 364 g/mol. The molecule has 3 N–H and O–H groups in total. The Hall–Kier alpha value is -2.79. The van der Waals surface area contributed by atoms with Gasteiger partial charge < -0.3 is 19.9 Å². The molecule has 1 aromatic heterocycles. The maximum Gasteiger partial charge on any atom is 0.267 e. The van der Waals surface area contributed by atoms with Crippen LogP contribution in [0.3, 0.4) is 0 Å². The van der Waals surface area contributed by atoms with Crippen molar-refractivity contribution in [3.05, 3.63) is 65.9 Å². The van der Waals surface area contributed by atoms with Crippen LogP contribution < -0.4 is 15.0 Å². The van der Waals surface area contributed by atoms with E-state index >= 15 is 0 Å². The van der Waals surface area contributed by atoms with Crippen LogP contribution in [0.2, 0.25) is 0 Å². The number of likely N-dealkylation sites (tertiary alicyclic amines) is 1. The zero-order valence-electron chi connectivity index (χ0n) is 15.6. The van der Waals surface area contributed by atoms with E-state index in [0.29, 0.717) is 5.69 Å². The van der Waals surface area contributed by atoms with E-state index in [0.717, 1.165) is 49.1 Å². The van der Waals surface area contributed by atoms with Crippen molar-refractivity contribution in [3.63, 3.8) is 0 Å². The quantitative estimate of drug-likeness (QED) is 0.650. The number of quaternary nitrogens is 1. The number of amides is 1.